The van der Waals surface area contributed by atoms with Gasteiger partial charge in [-0.2, -0.15) is 4.98 Å². The molecule has 1 aliphatic rings. The second-order valence-corrected chi connectivity index (χ2v) is 6.64. The molecule has 3 aromatic rings. The zero-order valence-corrected chi connectivity index (χ0v) is 14.6. The molecular formula is C20H18FN3O2. The predicted octanol–water partition coefficient (Wildman–Crippen LogP) is 4.01. The summed E-state index contributed by atoms with van der Waals surface area (Å²) in [5.74, 6) is 0.438. The Morgan fingerprint density at radius 2 is 1.88 bits per heavy atom. The number of rotatable bonds is 3. The standard InChI is InChI=1S/C20H18FN3O2/c1-12-3-8-17(9-13(12)2)24-11-15(10-18(24)25)19-22-20(26-23-19)14-4-6-16(21)7-5-14/h3-9,15H,10-11H2,1-2H3. The Labute approximate surface area is 150 Å². The molecular weight excluding hydrogens is 333 g/mol. The average Bonchev–Trinajstić information content (AvgIpc) is 3.25. The van der Waals surface area contributed by atoms with Crippen molar-refractivity contribution in [3.63, 3.8) is 0 Å². The molecule has 26 heavy (non-hydrogen) atoms. The Balaban J connectivity index is 1.55. The zero-order chi connectivity index (χ0) is 18.3. The maximum atomic E-state index is 13.0. The Morgan fingerprint density at radius 1 is 1.12 bits per heavy atom. The first-order valence-electron chi connectivity index (χ1n) is 8.48. The van der Waals surface area contributed by atoms with Gasteiger partial charge in [0.05, 0.1) is 0 Å². The van der Waals surface area contributed by atoms with Crippen LogP contribution >= 0.6 is 0 Å². The summed E-state index contributed by atoms with van der Waals surface area (Å²) in [6.45, 7) is 4.60. The highest BCUT2D eigenvalue weighted by Gasteiger charge is 2.34. The van der Waals surface area contributed by atoms with Crippen LogP contribution in [0.15, 0.2) is 47.0 Å². The first-order valence-corrected chi connectivity index (χ1v) is 8.48. The lowest BCUT2D eigenvalue weighted by molar-refractivity contribution is -0.117. The summed E-state index contributed by atoms with van der Waals surface area (Å²) in [6.07, 6.45) is 0.343. The van der Waals surface area contributed by atoms with Gasteiger partial charge in [-0.25, -0.2) is 4.39 Å². The van der Waals surface area contributed by atoms with Crippen molar-refractivity contribution in [2.24, 2.45) is 0 Å². The van der Waals surface area contributed by atoms with Crippen molar-refractivity contribution in [2.45, 2.75) is 26.2 Å². The van der Waals surface area contributed by atoms with Gasteiger partial charge in [0, 0.05) is 30.1 Å². The largest absolute Gasteiger partial charge is 0.334 e. The van der Waals surface area contributed by atoms with Crippen molar-refractivity contribution in [3.8, 4) is 11.5 Å². The van der Waals surface area contributed by atoms with E-state index in [1.165, 1.54) is 17.7 Å². The molecule has 0 N–H and O–H groups in total. The molecule has 0 aliphatic carbocycles. The Bertz CT molecular complexity index is 965. The molecule has 0 bridgehead atoms. The van der Waals surface area contributed by atoms with Crippen LogP contribution in [-0.2, 0) is 4.79 Å². The topological polar surface area (TPSA) is 59.2 Å². The fraction of sp³-hybridized carbons (Fsp3) is 0.250. The fourth-order valence-electron chi connectivity index (χ4n) is 3.13. The third-order valence-electron chi connectivity index (χ3n) is 4.83. The molecule has 1 fully saturated rings. The third kappa shape index (κ3) is 2.98. The van der Waals surface area contributed by atoms with E-state index in [-0.39, 0.29) is 17.6 Å². The first-order chi connectivity index (χ1) is 12.5. The number of anilines is 1. The lowest BCUT2D eigenvalue weighted by Gasteiger charge is -2.17. The van der Waals surface area contributed by atoms with Gasteiger partial charge in [0.25, 0.3) is 5.89 Å². The van der Waals surface area contributed by atoms with E-state index in [9.17, 15) is 9.18 Å². The average molecular weight is 351 g/mol. The van der Waals surface area contributed by atoms with Gasteiger partial charge in [-0.05, 0) is 61.4 Å². The Morgan fingerprint density at radius 3 is 2.62 bits per heavy atom. The van der Waals surface area contributed by atoms with E-state index in [4.69, 9.17) is 4.52 Å². The highest BCUT2D eigenvalue weighted by molar-refractivity contribution is 5.96. The van der Waals surface area contributed by atoms with Gasteiger partial charge in [0.1, 0.15) is 5.82 Å². The van der Waals surface area contributed by atoms with Gasteiger partial charge < -0.3 is 9.42 Å². The lowest BCUT2D eigenvalue weighted by Crippen LogP contribution is -2.24. The number of hydrogen-bond donors (Lipinski definition) is 0. The number of carbonyl (C=O) groups is 1. The minimum atomic E-state index is -0.320. The Hall–Kier alpha value is -3.02. The number of aryl methyl sites for hydroxylation is 2. The van der Waals surface area contributed by atoms with Crippen molar-refractivity contribution in [2.75, 3.05) is 11.4 Å². The van der Waals surface area contributed by atoms with Gasteiger partial charge in [0.15, 0.2) is 5.82 Å². The molecule has 1 aliphatic heterocycles. The van der Waals surface area contributed by atoms with Crippen LogP contribution in [0.25, 0.3) is 11.5 Å². The molecule has 5 nitrogen and oxygen atoms in total. The van der Waals surface area contributed by atoms with Crippen LogP contribution in [0.2, 0.25) is 0 Å². The van der Waals surface area contributed by atoms with Crippen LogP contribution in [0.3, 0.4) is 0 Å². The summed E-state index contributed by atoms with van der Waals surface area (Å²) in [7, 11) is 0. The summed E-state index contributed by atoms with van der Waals surface area (Å²) in [4.78, 5) is 18.6. The van der Waals surface area contributed by atoms with Crippen LogP contribution < -0.4 is 4.90 Å². The maximum Gasteiger partial charge on any atom is 0.257 e. The predicted molar refractivity (Wildman–Crippen MR) is 95.3 cm³/mol. The summed E-state index contributed by atoms with van der Waals surface area (Å²) >= 11 is 0. The summed E-state index contributed by atoms with van der Waals surface area (Å²) in [6, 6.07) is 11.9. The van der Waals surface area contributed by atoms with Gasteiger partial charge in [-0.3, -0.25) is 4.79 Å². The lowest BCUT2D eigenvalue weighted by atomic mass is 10.1. The van der Waals surface area contributed by atoms with Crippen LogP contribution in [-0.4, -0.2) is 22.6 Å². The van der Waals surface area contributed by atoms with Crippen LogP contribution in [0.4, 0.5) is 10.1 Å². The van der Waals surface area contributed by atoms with Crippen LogP contribution in [0.1, 0.15) is 29.3 Å². The molecule has 132 valence electrons. The maximum absolute atomic E-state index is 13.0. The van der Waals surface area contributed by atoms with Crippen molar-refractivity contribution >= 4 is 11.6 Å². The smallest absolute Gasteiger partial charge is 0.257 e. The molecule has 0 spiro atoms. The molecule has 2 heterocycles. The number of hydrogen-bond acceptors (Lipinski definition) is 4. The van der Waals surface area contributed by atoms with Gasteiger partial charge in [-0.15, -0.1) is 0 Å². The number of amides is 1. The highest BCUT2D eigenvalue weighted by atomic mass is 19.1. The monoisotopic (exact) mass is 351 g/mol. The van der Waals surface area contributed by atoms with Crippen LogP contribution in [0.5, 0.6) is 0 Å². The summed E-state index contributed by atoms with van der Waals surface area (Å²) < 4.78 is 18.3. The van der Waals surface area contributed by atoms with Crippen molar-refractivity contribution in [1.82, 2.24) is 10.1 Å². The number of aromatic nitrogens is 2. The van der Waals surface area contributed by atoms with E-state index in [0.717, 1.165) is 11.3 Å². The highest BCUT2D eigenvalue weighted by Crippen LogP contribution is 2.32. The van der Waals surface area contributed by atoms with E-state index in [1.54, 1.807) is 17.0 Å². The molecule has 6 heteroatoms. The van der Waals surface area contributed by atoms with Gasteiger partial charge >= 0.3 is 0 Å². The fourth-order valence-corrected chi connectivity index (χ4v) is 3.13. The molecule has 0 saturated carbocycles. The molecule has 1 unspecified atom stereocenters. The van der Waals surface area contributed by atoms with E-state index in [0.29, 0.717) is 30.2 Å². The second-order valence-electron chi connectivity index (χ2n) is 6.64. The molecule has 4 rings (SSSR count). The molecule has 1 atom stereocenters. The van der Waals surface area contributed by atoms with Crippen molar-refractivity contribution in [3.05, 3.63) is 65.2 Å². The zero-order valence-electron chi connectivity index (χ0n) is 14.6. The molecule has 1 aromatic heterocycles. The Kier molecular flexibility index (Phi) is 4.03. The molecule has 0 radical (unpaired) electrons. The normalized spacial score (nSPS) is 17.1. The van der Waals surface area contributed by atoms with Crippen LogP contribution in [0, 0.1) is 19.7 Å². The van der Waals surface area contributed by atoms with E-state index >= 15 is 0 Å². The summed E-state index contributed by atoms with van der Waals surface area (Å²) in [5.41, 5.74) is 3.89. The van der Waals surface area contributed by atoms with Crippen molar-refractivity contribution < 1.29 is 13.7 Å². The van der Waals surface area contributed by atoms with Gasteiger partial charge in [-0.1, -0.05) is 11.2 Å². The quantitative estimate of drug-likeness (QED) is 0.715. The number of nitrogens with zero attached hydrogens (tertiary/aromatic N) is 3. The minimum absolute atomic E-state index is 0.0476. The SMILES string of the molecule is Cc1ccc(N2CC(c3noc(-c4ccc(F)cc4)n3)CC2=O)cc1C. The second kappa shape index (κ2) is 6.37. The molecule has 1 saturated heterocycles. The van der Waals surface area contributed by atoms with E-state index in [1.807, 2.05) is 32.0 Å². The summed E-state index contributed by atoms with van der Waals surface area (Å²) in [5, 5.41) is 4.03. The third-order valence-corrected chi connectivity index (χ3v) is 4.83. The van der Waals surface area contributed by atoms with Crippen molar-refractivity contribution in [1.29, 1.82) is 0 Å². The molecule has 1 amide bonds. The first kappa shape index (κ1) is 16.4. The number of benzene rings is 2. The number of carbonyl (C=O) groups excluding carboxylic acids is 1. The number of halogens is 1. The molecule has 2 aromatic carbocycles. The van der Waals surface area contributed by atoms with Gasteiger partial charge in [0.2, 0.25) is 5.91 Å². The minimum Gasteiger partial charge on any atom is -0.334 e. The van der Waals surface area contributed by atoms with E-state index < -0.39 is 0 Å². The van der Waals surface area contributed by atoms with E-state index in [2.05, 4.69) is 10.1 Å².